The SMILES string of the molecule is COP(=O)(O)O[C@H]1[C@H]2OC[C@]1(/C=C/P(=O)(OC)OC)O[C@H]2n1ccc(=O)[nH]c1=O. The molecule has 3 heterocycles. The molecule has 2 aliphatic rings. The molecule has 0 aromatic carbocycles. The zero-order valence-corrected chi connectivity index (χ0v) is 17.4. The Morgan fingerprint density at radius 1 is 1.28 bits per heavy atom. The molecule has 2 N–H and O–H groups in total. The molecule has 0 aliphatic carbocycles. The molecule has 2 saturated heterocycles. The number of ether oxygens (including phenoxy) is 2. The number of phosphoric ester groups is 1. The largest absolute Gasteiger partial charge is 0.472 e. The summed E-state index contributed by atoms with van der Waals surface area (Å²) in [5, 5.41) is 0. The predicted molar refractivity (Wildman–Crippen MR) is 96.4 cm³/mol. The third kappa shape index (κ3) is 4.24. The van der Waals surface area contributed by atoms with Crippen LogP contribution in [-0.4, -0.2) is 60.2 Å². The number of H-pyrrole nitrogens is 1. The van der Waals surface area contributed by atoms with Gasteiger partial charge in [0.2, 0.25) is 0 Å². The number of phosphoric acid groups is 1. The highest BCUT2D eigenvalue weighted by atomic mass is 31.2. The van der Waals surface area contributed by atoms with Crippen molar-refractivity contribution in [2.24, 2.45) is 0 Å². The van der Waals surface area contributed by atoms with E-state index in [1.807, 2.05) is 0 Å². The molecule has 2 aliphatic heterocycles. The lowest BCUT2D eigenvalue weighted by Gasteiger charge is -2.29. The first-order chi connectivity index (χ1) is 13.6. The maximum Gasteiger partial charge on any atom is 0.472 e. The smallest absolute Gasteiger partial charge is 0.367 e. The quantitative estimate of drug-likeness (QED) is 0.520. The van der Waals surface area contributed by atoms with E-state index in [2.05, 4.69) is 9.51 Å². The number of nitrogens with one attached hydrogen (secondary N) is 1. The van der Waals surface area contributed by atoms with Crippen LogP contribution < -0.4 is 11.2 Å². The van der Waals surface area contributed by atoms with E-state index >= 15 is 0 Å². The van der Waals surface area contributed by atoms with Crippen LogP contribution in [0.4, 0.5) is 0 Å². The van der Waals surface area contributed by atoms with Gasteiger partial charge in [0.05, 0.1) is 6.61 Å². The van der Waals surface area contributed by atoms with Crippen LogP contribution in [-0.2, 0) is 36.7 Å². The molecule has 0 amide bonds. The van der Waals surface area contributed by atoms with Gasteiger partial charge in [-0.1, -0.05) is 0 Å². The lowest BCUT2D eigenvalue weighted by atomic mass is 10.00. The van der Waals surface area contributed by atoms with Crippen molar-refractivity contribution in [1.29, 1.82) is 0 Å². The molecule has 3 rings (SSSR count). The van der Waals surface area contributed by atoms with Crippen LogP contribution in [0, 0.1) is 0 Å². The van der Waals surface area contributed by atoms with Gasteiger partial charge in [-0.05, 0) is 6.08 Å². The summed E-state index contributed by atoms with van der Waals surface area (Å²) in [7, 11) is -4.76. The molecular formula is C14H20N2O11P2. The second-order valence-electron chi connectivity index (χ2n) is 6.15. The van der Waals surface area contributed by atoms with Crippen molar-refractivity contribution in [2.45, 2.75) is 24.0 Å². The van der Waals surface area contributed by atoms with Gasteiger partial charge in [0.15, 0.2) is 6.23 Å². The Balaban J connectivity index is 2.03. The summed E-state index contributed by atoms with van der Waals surface area (Å²) in [6.07, 6.45) is -0.903. The lowest BCUT2D eigenvalue weighted by Crippen LogP contribution is -2.40. The third-order valence-electron chi connectivity index (χ3n) is 4.55. The van der Waals surface area contributed by atoms with Crippen LogP contribution in [0.1, 0.15) is 6.23 Å². The van der Waals surface area contributed by atoms with Gasteiger partial charge in [-0.15, -0.1) is 0 Å². The van der Waals surface area contributed by atoms with E-state index in [1.54, 1.807) is 0 Å². The molecule has 0 spiro atoms. The van der Waals surface area contributed by atoms with Crippen molar-refractivity contribution < 1.29 is 41.6 Å². The first kappa shape index (κ1) is 22.3. The van der Waals surface area contributed by atoms with Gasteiger partial charge in [-0.25, -0.2) is 9.36 Å². The van der Waals surface area contributed by atoms with Crippen LogP contribution >= 0.6 is 15.4 Å². The number of rotatable bonds is 8. The fourth-order valence-corrected chi connectivity index (χ4v) is 4.57. The van der Waals surface area contributed by atoms with Crippen LogP contribution in [0.5, 0.6) is 0 Å². The van der Waals surface area contributed by atoms with Gasteiger partial charge < -0.3 is 23.4 Å². The summed E-state index contributed by atoms with van der Waals surface area (Å²) >= 11 is 0. The fourth-order valence-electron chi connectivity index (χ4n) is 3.07. The number of hydrogen-bond acceptors (Lipinski definition) is 10. The molecule has 13 nitrogen and oxygen atoms in total. The van der Waals surface area contributed by atoms with E-state index in [9.17, 15) is 23.6 Å². The normalized spacial score (nSPS) is 31.4. The van der Waals surface area contributed by atoms with Gasteiger partial charge in [-0.2, -0.15) is 0 Å². The molecule has 1 aromatic heterocycles. The minimum Gasteiger partial charge on any atom is -0.367 e. The topological polar surface area (TPSA) is 165 Å². The Hall–Kier alpha value is -1.40. The molecule has 29 heavy (non-hydrogen) atoms. The number of nitrogens with zero attached hydrogens (tertiary/aromatic N) is 1. The number of aromatic nitrogens is 2. The van der Waals surface area contributed by atoms with E-state index in [0.29, 0.717) is 0 Å². The van der Waals surface area contributed by atoms with Crippen molar-refractivity contribution in [3.05, 3.63) is 45.0 Å². The zero-order chi connectivity index (χ0) is 21.4. The highest BCUT2D eigenvalue weighted by Crippen LogP contribution is 2.56. The predicted octanol–water partition coefficient (Wildman–Crippen LogP) is 0.335. The van der Waals surface area contributed by atoms with Gasteiger partial charge in [0.1, 0.15) is 17.8 Å². The molecule has 1 aromatic rings. The van der Waals surface area contributed by atoms with Crippen molar-refractivity contribution in [2.75, 3.05) is 27.9 Å². The van der Waals surface area contributed by atoms with Crippen molar-refractivity contribution in [1.82, 2.24) is 9.55 Å². The van der Waals surface area contributed by atoms with Crippen LogP contribution in [0.25, 0.3) is 0 Å². The zero-order valence-electron chi connectivity index (χ0n) is 15.6. The maximum atomic E-state index is 12.4. The van der Waals surface area contributed by atoms with E-state index in [-0.39, 0.29) is 6.61 Å². The number of aromatic amines is 1. The lowest BCUT2D eigenvalue weighted by molar-refractivity contribution is -0.156. The number of fused-ring (bicyclic) bond motifs is 2. The monoisotopic (exact) mass is 454 g/mol. The average Bonchev–Trinajstić information content (AvgIpc) is 3.17. The van der Waals surface area contributed by atoms with Gasteiger partial charge in [0.25, 0.3) is 5.56 Å². The third-order valence-corrected chi connectivity index (χ3v) is 7.04. The van der Waals surface area contributed by atoms with Gasteiger partial charge >= 0.3 is 21.1 Å². The fraction of sp³-hybridized carbons (Fsp3) is 0.571. The van der Waals surface area contributed by atoms with Crippen LogP contribution in [0.2, 0.25) is 0 Å². The average molecular weight is 454 g/mol. The summed E-state index contributed by atoms with van der Waals surface area (Å²) in [5.74, 6) is 1.10. The summed E-state index contributed by atoms with van der Waals surface area (Å²) < 4.78 is 56.4. The highest BCUT2D eigenvalue weighted by molar-refractivity contribution is 7.57. The molecule has 2 fully saturated rings. The molecule has 5 atom stereocenters. The van der Waals surface area contributed by atoms with Gasteiger partial charge in [0, 0.05) is 39.4 Å². The molecule has 162 valence electrons. The number of hydrogen-bond donors (Lipinski definition) is 2. The van der Waals surface area contributed by atoms with Crippen molar-refractivity contribution in [3.8, 4) is 0 Å². The van der Waals surface area contributed by atoms with E-state index in [4.69, 9.17) is 23.0 Å². The minimum atomic E-state index is -4.49. The Kier molecular flexibility index (Phi) is 6.17. The molecule has 15 heteroatoms. The Labute approximate surface area is 164 Å². The van der Waals surface area contributed by atoms with Crippen LogP contribution in [0.3, 0.4) is 0 Å². The summed E-state index contributed by atoms with van der Waals surface area (Å²) in [5.41, 5.74) is -2.91. The highest BCUT2D eigenvalue weighted by Gasteiger charge is 2.64. The molecule has 1 unspecified atom stereocenters. The molecule has 0 saturated carbocycles. The summed E-state index contributed by atoms with van der Waals surface area (Å²) in [6, 6.07) is 1.10. The van der Waals surface area contributed by atoms with Crippen molar-refractivity contribution in [3.63, 3.8) is 0 Å². The first-order valence-corrected chi connectivity index (χ1v) is 11.3. The van der Waals surface area contributed by atoms with E-state index < -0.39 is 50.7 Å². The Bertz CT molecular complexity index is 996. The second-order valence-corrected chi connectivity index (χ2v) is 9.78. The Morgan fingerprint density at radius 3 is 2.55 bits per heavy atom. The molecule has 2 bridgehead atoms. The second kappa shape index (κ2) is 8.03. The van der Waals surface area contributed by atoms with E-state index in [1.165, 1.54) is 26.5 Å². The van der Waals surface area contributed by atoms with Gasteiger partial charge in [-0.3, -0.25) is 28.0 Å². The molecular weight excluding hydrogens is 434 g/mol. The van der Waals surface area contributed by atoms with Crippen molar-refractivity contribution >= 4 is 15.4 Å². The minimum absolute atomic E-state index is 0.148. The standard InChI is InChI=1S/C14H20N2O11P2/c1-22-28(19,23-2)7-5-14-8-25-10(11(14)27-29(20,21)24-3)12(26-14)16-6-4-9(17)15-13(16)18/h4-7,10-12H,8H2,1-3H3,(H,20,21)(H,15,17,18)/b7-5+/t10-,11+,12-,14+/m1/s1. The maximum absolute atomic E-state index is 12.4. The first-order valence-electron chi connectivity index (χ1n) is 8.18. The molecule has 0 radical (unpaired) electrons. The Morgan fingerprint density at radius 2 is 1.97 bits per heavy atom. The van der Waals surface area contributed by atoms with E-state index in [0.717, 1.165) is 23.6 Å². The summed E-state index contributed by atoms with van der Waals surface area (Å²) in [6.45, 7) is -0.148. The van der Waals surface area contributed by atoms with Crippen LogP contribution in [0.15, 0.2) is 33.7 Å². The summed E-state index contributed by atoms with van der Waals surface area (Å²) in [4.78, 5) is 35.4.